The number of ether oxygens (including phenoxy) is 1. The van der Waals surface area contributed by atoms with E-state index in [0.29, 0.717) is 11.3 Å². The predicted octanol–water partition coefficient (Wildman–Crippen LogP) is 5.65. The molecule has 5 rings (SSSR count). The molecule has 3 aromatic carbocycles. The van der Waals surface area contributed by atoms with Gasteiger partial charge in [-0.15, -0.1) is 0 Å². The van der Waals surface area contributed by atoms with Gasteiger partial charge in [0.1, 0.15) is 11.3 Å². The molecule has 5 aromatic rings. The van der Waals surface area contributed by atoms with Crippen LogP contribution in [0.3, 0.4) is 0 Å². The summed E-state index contributed by atoms with van der Waals surface area (Å²) in [5, 5.41) is -0.810. The third kappa shape index (κ3) is 5.57. The quantitative estimate of drug-likeness (QED) is 0.121. The molecule has 2 heterocycles. The first kappa shape index (κ1) is 32.1. The first-order valence-corrected chi connectivity index (χ1v) is 15.4. The van der Waals surface area contributed by atoms with Crippen LogP contribution in [0, 0.1) is 0 Å². The highest BCUT2D eigenvalue weighted by molar-refractivity contribution is 7.91. The zero-order chi connectivity index (χ0) is 33.1. The van der Waals surface area contributed by atoms with E-state index in [1.807, 2.05) is 0 Å². The Balaban J connectivity index is 1.98. The molecule has 0 bridgehead atoms. The lowest BCUT2D eigenvalue weighted by Gasteiger charge is -2.20. The number of imidazole rings is 1. The summed E-state index contributed by atoms with van der Waals surface area (Å²) in [5.74, 6) is -2.40. The molecule has 2 aromatic heterocycles. The number of nitrogens with zero attached hydrogens (tertiary/aromatic N) is 3. The lowest BCUT2D eigenvalue weighted by Crippen LogP contribution is -2.33. The molecule has 0 fully saturated rings. The normalized spacial score (nSPS) is 13.0. The highest BCUT2D eigenvalue weighted by Gasteiger charge is 2.51. The number of hydrogen-bond acceptors (Lipinski definition) is 8. The fourth-order valence-corrected chi connectivity index (χ4v) is 6.06. The van der Waals surface area contributed by atoms with Crippen molar-refractivity contribution in [2.24, 2.45) is 0 Å². The van der Waals surface area contributed by atoms with Crippen LogP contribution in [-0.2, 0) is 26.7 Å². The van der Waals surface area contributed by atoms with Crippen LogP contribution in [0.25, 0.3) is 33.3 Å². The molecule has 0 aliphatic carbocycles. The Hall–Kier alpha value is -4.29. The molecule has 0 atom stereocenters. The van der Waals surface area contributed by atoms with Crippen LogP contribution < -0.4 is 14.5 Å². The van der Waals surface area contributed by atoms with Crippen molar-refractivity contribution in [3.8, 4) is 22.9 Å². The summed E-state index contributed by atoms with van der Waals surface area (Å²) in [6.45, 7) is -0.396. The maximum absolute atomic E-state index is 14.2. The highest BCUT2D eigenvalue weighted by Crippen LogP contribution is 2.41. The van der Waals surface area contributed by atoms with Crippen LogP contribution in [0.2, 0.25) is 5.02 Å². The highest BCUT2D eigenvalue weighted by atomic mass is 35.5. The van der Waals surface area contributed by atoms with Gasteiger partial charge in [0.05, 0.1) is 30.2 Å². The fraction of sp³-hybridized carbons (Fsp3) is 0.154. The number of pyridine rings is 1. The minimum absolute atomic E-state index is 0.214. The number of fused-ring (bicyclic) bond motifs is 2. The van der Waals surface area contributed by atoms with Crippen molar-refractivity contribution in [1.29, 1.82) is 0 Å². The van der Waals surface area contributed by atoms with Gasteiger partial charge in [0.25, 0.3) is 5.56 Å². The Morgan fingerprint density at radius 1 is 0.867 bits per heavy atom. The van der Waals surface area contributed by atoms with E-state index in [9.17, 15) is 48.0 Å². The number of para-hydroxylation sites is 2. The van der Waals surface area contributed by atoms with E-state index in [0.717, 1.165) is 34.9 Å². The minimum Gasteiger partial charge on any atom is -0.497 e. The van der Waals surface area contributed by atoms with E-state index in [-0.39, 0.29) is 10.5 Å². The van der Waals surface area contributed by atoms with E-state index < -0.39 is 80.8 Å². The maximum atomic E-state index is 14.2. The average Bonchev–Trinajstić information content (AvgIpc) is 3.34. The SMILES string of the molecule is COc1ccc(Cn2c(=O)c(-c3nc4ccccc4n3S(=O)(=O)C(F)(F)F)c(OS(=O)(=O)C(F)(F)F)c3cc(Cl)ccc32)cc1. The number of rotatable bonds is 7. The molecule has 0 radical (unpaired) electrons. The Kier molecular flexibility index (Phi) is 7.82. The molecule has 19 heteroatoms. The van der Waals surface area contributed by atoms with Gasteiger partial charge >= 0.3 is 31.2 Å². The first-order valence-electron chi connectivity index (χ1n) is 12.2. The molecule has 0 saturated heterocycles. The van der Waals surface area contributed by atoms with Crippen LogP contribution in [-0.4, -0.2) is 48.5 Å². The molecule has 0 N–H and O–H groups in total. The van der Waals surface area contributed by atoms with Crippen molar-refractivity contribution in [3.63, 3.8) is 0 Å². The minimum atomic E-state index is -6.60. The van der Waals surface area contributed by atoms with Crippen molar-refractivity contribution >= 4 is 53.7 Å². The molecule has 0 amide bonds. The van der Waals surface area contributed by atoms with Gasteiger partial charge in [-0.1, -0.05) is 35.9 Å². The molecule has 45 heavy (non-hydrogen) atoms. The standard InChI is InChI=1S/C26H16ClF6N3O7S2/c1-42-16-9-6-14(7-10-16)13-35-19-11-8-15(27)12-17(19)22(43-45(40,41)26(31,32)33)21(24(35)37)23-34-18-4-2-3-5-20(18)36(23)44(38,39)25(28,29)30/h2-12H,13H2,1H3. The number of aromatic nitrogens is 3. The Bertz CT molecular complexity index is 2250. The monoisotopic (exact) mass is 695 g/mol. The number of alkyl halides is 6. The average molecular weight is 696 g/mol. The van der Waals surface area contributed by atoms with E-state index in [1.165, 1.54) is 43.5 Å². The van der Waals surface area contributed by atoms with E-state index in [1.54, 1.807) is 0 Å². The topological polar surface area (TPSA) is 127 Å². The zero-order valence-corrected chi connectivity index (χ0v) is 24.6. The molecule has 0 unspecified atom stereocenters. The molecule has 0 saturated carbocycles. The predicted molar refractivity (Wildman–Crippen MR) is 150 cm³/mol. The van der Waals surface area contributed by atoms with Crippen molar-refractivity contribution in [2.45, 2.75) is 17.6 Å². The Morgan fingerprint density at radius 3 is 2.11 bits per heavy atom. The van der Waals surface area contributed by atoms with Gasteiger partial charge in [0.2, 0.25) is 0 Å². The second-order valence-corrected chi connectivity index (χ2v) is 13.0. The molecule has 0 aliphatic heterocycles. The van der Waals surface area contributed by atoms with Gasteiger partial charge in [-0.2, -0.15) is 43.2 Å². The van der Waals surface area contributed by atoms with Crippen LogP contribution >= 0.6 is 11.6 Å². The molecule has 0 spiro atoms. The number of methoxy groups -OCH3 is 1. The van der Waals surface area contributed by atoms with Gasteiger partial charge in [0, 0.05) is 10.4 Å². The van der Waals surface area contributed by atoms with Gasteiger partial charge < -0.3 is 13.5 Å². The Labute approximate surface area is 254 Å². The lowest BCUT2D eigenvalue weighted by atomic mass is 10.1. The molecular weight excluding hydrogens is 680 g/mol. The third-order valence-electron chi connectivity index (χ3n) is 6.43. The number of halogens is 7. The molecular formula is C26H16ClF6N3O7S2. The van der Waals surface area contributed by atoms with Gasteiger partial charge in [-0.3, -0.25) is 4.79 Å². The van der Waals surface area contributed by atoms with E-state index in [2.05, 4.69) is 9.17 Å². The smallest absolute Gasteiger partial charge is 0.497 e. The van der Waals surface area contributed by atoms with Crippen LogP contribution in [0.4, 0.5) is 26.3 Å². The van der Waals surface area contributed by atoms with E-state index >= 15 is 0 Å². The Morgan fingerprint density at radius 2 is 1.51 bits per heavy atom. The number of hydrogen-bond donors (Lipinski definition) is 0. The summed E-state index contributed by atoms with van der Waals surface area (Å²) in [6.07, 6.45) is 0. The van der Waals surface area contributed by atoms with E-state index in [4.69, 9.17) is 16.3 Å². The molecule has 10 nitrogen and oxygen atoms in total. The molecule has 0 aliphatic rings. The second-order valence-electron chi connectivity index (χ2n) is 9.23. The summed E-state index contributed by atoms with van der Waals surface area (Å²) in [5.41, 5.74) is -15.9. The van der Waals surface area contributed by atoms with Crippen molar-refractivity contribution in [2.75, 3.05) is 7.11 Å². The van der Waals surface area contributed by atoms with Gasteiger partial charge in [0.15, 0.2) is 11.6 Å². The number of benzene rings is 3. The first-order chi connectivity index (χ1) is 20.9. The van der Waals surface area contributed by atoms with Gasteiger partial charge in [-0.25, -0.2) is 8.96 Å². The third-order valence-corrected chi connectivity index (χ3v) is 9.06. The van der Waals surface area contributed by atoms with Gasteiger partial charge in [-0.05, 0) is 48.0 Å². The summed E-state index contributed by atoms with van der Waals surface area (Å²) in [6, 6.07) is 13.6. The van der Waals surface area contributed by atoms with Crippen molar-refractivity contribution in [1.82, 2.24) is 13.5 Å². The summed E-state index contributed by atoms with van der Waals surface area (Å²) in [4.78, 5) is 18.0. The van der Waals surface area contributed by atoms with Crippen LogP contribution in [0.1, 0.15) is 5.56 Å². The second kappa shape index (κ2) is 11.0. The largest absolute Gasteiger partial charge is 0.534 e. The summed E-state index contributed by atoms with van der Waals surface area (Å²) in [7, 11) is -11.7. The summed E-state index contributed by atoms with van der Waals surface area (Å²) < 4.78 is 143. The van der Waals surface area contributed by atoms with Crippen molar-refractivity contribution in [3.05, 3.63) is 87.7 Å². The van der Waals surface area contributed by atoms with Crippen LogP contribution in [0.15, 0.2) is 71.5 Å². The fourth-order valence-electron chi connectivity index (χ4n) is 4.42. The zero-order valence-electron chi connectivity index (χ0n) is 22.2. The summed E-state index contributed by atoms with van der Waals surface area (Å²) >= 11 is 6.07. The lowest BCUT2D eigenvalue weighted by molar-refractivity contribution is -0.0499. The maximum Gasteiger partial charge on any atom is 0.534 e. The van der Waals surface area contributed by atoms with Crippen molar-refractivity contribution < 1.29 is 52.1 Å². The van der Waals surface area contributed by atoms with Crippen LogP contribution in [0.5, 0.6) is 11.5 Å². The molecule has 238 valence electrons.